The van der Waals surface area contributed by atoms with Gasteiger partial charge in [0.1, 0.15) is 6.61 Å². The van der Waals surface area contributed by atoms with E-state index in [4.69, 9.17) is 10.5 Å². The number of nitrogens with two attached hydrogens (primary N) is 1. The first-order valence-corrected chi connectivity index (χ1v) is 7.73. The van der Waals surface area contributed by atoms with Gasteiger partial charge in [-0.05, 0) is 35.3 Å². The first-order valence-electron chi connectivity index (χ1n) is 7.73. The van der Waals surface area contributed by atoms with Gasteiger partial charge in [-0.25, -0.2) is 4.79 Å². The van der Waals surface area contributed by atoms with Gasteiger partial charge in [-0.15, -0.1) is 0 Å². The molecule has 0 unspecified atom stereocenters. The first-order chi connectivity index (χ1) is 11.2. The van der Waals surface area contributed by atoms with E-state index in [-0.39, 0.29) is 6.09 Å². The van der Waals surface area contributed by atoms with Gasteiger partial charge in [0.15, 0.2) is 0 Å². The predicted octanol–water partition coefficient (Wildman–Crippen LogP) is 3.69. The fourth-order valence-electron chi connectivity index (χ4n) is 2.60. The molecular weight excluding hydrogens is 288 g/mol. The van der Waals surface area contributed by atoms with Gasteiger partial charge in [0.25, 0.3) is 0 Å². The van der Waals surface area contributed by atoms with E-state index < -0.39 is 0 Å². The number of nitrogen functional groups attached to an aromatic ring is 1. The molecule has 0 saturated heterocycles. The number of hydrogen-bond donors (Lipinski definition) is 1. The zero-order valence-electron chi connectivity index (χ0n) is 12.9. The van der Waals surface area contributed by atoms with Gasteiger partial charge in [-0.1, -0.05) is 48.5 Å². The van der Waals surface area contributed by atoms with Crippen molar-refractivity contribution >= 4 is 17.4 Å². The highest BCUT2D eigenvalue weighted by atomic mass is 16.6. The smallest absolute Gasteiger partial charge is 0.410 e. The summed E-state index contributed by atoms with van der Waals surface area (Å²) in [5, 5.41) is 0. The van der Waals surface area contributed by atoms with Crippen LogP contribution in [0.4, 0.5) is 10.5 Å². The number of ether oxygens (including phenoxy) is 1. The third kappa shape index (κ3) is 3.92. The van der Waals surface area contributed by atoms with E-state index in [1.165, 1.54) is 5.57 Å². The van der Waals surface area contributed by atoms with Crippen LogP contribution >= 0.6 is 0 Å². The van der Waals surface area contributed by atoms with Crippen molar-refractivity contribution in [1.29, 1.82) is 0 Å². The Morgan fingerprint density at radius 3 is 2.48 bits per heavy atom. The summed E-state index contributed by atoms with van der Waals surface area (Å²) in [6.45, 7) is 1.56. The van der Waals surface area contributed by atoms with E-state index in [0.717, 1.165) is 23.2 Å². The first kappa shape index (κ1) is 15.2. The summed E-state index contributed by atoms with van der Waals surface area (Å²) in [6, 6.07) is 17.5. The molecule has 1 amide bonds. The Hall–Kier alpha value is -2.75. The zero-order valence-corrected chi connectivity index (χ0v) is 12.9. The maximum absolute atomic E-state index is 12.1. The van der Waals surface area contributed by atoms with Crippen molar-refractivity contribution in [2.24, 2.45) is 0 Å². The monoisotopic (exact) mass is 308 g/mol. The summed E-state index contributed by atoms with van der Waals surface area (Å²) in [4.78, 5) is 13.8. The van der Waals surface area contributed by atoms with Crippen LogP contribution in [-0.4, -0.2) is 24.1 Å². The molecule has 1 aliphatic heterocycles. The topological polar surface area (TPSA) is 55.6 Å². The van der Waals surface area contributed by atoms with Crippen molar-refractivity contribution in [3.05, 3.63) is 71.8 Å². The Morgan fingerprint density at radius 1 is 1.09 bits per heavy atom. The molecular formula is C19H20N2O2. The lowest BCUT2D eigenvalue weighted by atomic mass is 9.99. The molecule has 23 heavy (non-hydrogen) atoms. The summed E-state index contributed by atoms with van der Waals surface area (Å²) >= 11 is 0. The lowest BCUT2D eigenvalue weighted by Gasteiger charge is -2.26. The summed E-state index contributed by atoms with van der Waals surface area (Å²) in [7, 11) is 0. The minimum Gasteiger partial charge on any atom is -0.445 e. The molecule has 0 radical (unpaired) electrons. The Bertz CT molecular complexity index is 693. The maximum atomic E-state index is 12.1. The second-order valence-corrected chi connectivity index (χ2v) is 5.59. The van der Waals surface area contributed by atoms with Crippen LogP contribution in [0.15, 0.2) is 60.7 Å². The number of amides is 1. The number of hydrogen-bond acceptors (Lipinski definition) is 3. The van der Waals surface area contributed by atoms with E-state index in [9.17, 15) is 4.79 Å². The highest BCUT2D eigenvalue weighted by Crippen LogP contribution is 2.23. The highest BCUT2D eigenvalue weighted by Gasteiger charge is 2.19. The van der Waals surface area contributed by atoms with Crippen LogP contribution < -0.4 is 5.73 Å². The molecule has 1 heterocycles. The predicted molar refractivity (Wildman–Crippen MR) is 91.6 cm³/mol. The quantitative estimate of drug-likeness (QED) is 0.880. The van der Waals surface area contributed by atoms with E-state index in [0.29, 0.717) is 19.7 Å². The molecule has 0 spiro atoms. The fraction of sp³-hybridized carbons (Fsp3) is 0.211. The minimum absolute atomic E-state index is 0.263. The molecule has 2 N–H and O–H groups in total. The standard InChI is InChI=1S/C19H20N2O2/c20-18-8-6-16(7-9-18)17-10-12-21(13-11-17)19(22)23-14-15-4-2-1-3-5-15/h1-10H,11-14,20H2. The fourth-order valence-corrected chi connectivity index (χ4v) is 2.60. The van der Waals surface area contributed by atoms with Crippen molar-refractivity contribution in [2.75, 3.05) is 18.8 Å². The number of rotatable bonds is 3. The SMILES string of the molecule is Nc1ccc(C2=CCN(C(=O)OCc3ccccc3)CC2)cc1. The molecule has 0 aromatic heterocycles. The summed E-state index contributed by atoms with van der Waals surface area (Å²) < 4.78 is 5.37. The number of carbonyl (C=O) groups excluding carboxylic acids is 1. The van der Waals surface area contributed by atoms with Gasteiger partial charge < -0.3 is 15.4 Å². The second-order valence-electron chi connectivity index (χ2n) is 5.59. The molecule has 0 atom stereocenters. The van der Waals surface area contributed by atoms with Crippen LogP contribution in [0, 0.1) is 0 Å². The lowest BCUT2D eigenvalue weighted by Crippen LogP contribution is -2.35. The van der Waals surface area contributed by atoms with E-state index in [1.807, 2.05) is 54.6 Å². The van der Waals surface area contributed by atoms with E-state index in [1.54, 1.807) is 4.90 Å². The number of anilines is 1. The molecule has 0 saturated carbocycles. The van der Waals surface area contributed by atoms with Crippen molar-refractivity contribution in [3.63, 3.8) is 0 Å². The van der Waals surface area contributed by atoms with Crippen molar-refractivity contribution in [3.8, 4) is 0 Å². The molecule has 0 fully saturated rings. The molecule has 2 aromatic carbocycles. The van der Waals surface area contributed by atoms with Crippen LogP contribution in [0.5, 0.6) is 0 Å². The lowest BCUT2D eigenvalue weighted by molar-refractivity contribution is 0.0998. The Morgan fingerprint density at radius 2 is 1.83 bits per heavy atom. The average Bonchev–Trinajstić information content (AvgIpc) is 2.61. The molecule has 4 nitrogen and oxygen atoms in total. The van der Waals surface area contributed by atoms with Gasteiger partial charge in [-0.3, -0.25) is 0 Å². The number of benzene rings is 2. The molecule has 3 rings (SSSR count). The summed E-state index contributed by atoms with van der Waals surface area (Å²) in [6.07, 6.45) is 2.64. The third-order valence-corrected chi connectivity index (χ3v) is 3.95. The molecule has 118 valence electrons. The van der Waals surface area contributed by atoms with Crippen molar-refractivity contribution < 1.29 is 9.53 Å². The van der Waals surface area contributed by atoms with Crippen LogP contribution in [0.25, 0.3) is 5.57 Å². The number of carbonyl (C=O) groups is 1. The minimum atomic E-state index is -0.263. The van der Waals surface area contributed by atoms with Crippen LogP contribution in [-0.2, 0) is 11.3 Å². The Kier molecular flexibility index (Phi) is 4.62. The molecule has 0 bridgehead atoms. The van der Waals surface area contributed by atoms with Crippen LogP contribution in [0.1, 0.15) is 17.5 Å². The Labute approximate surface area is 136 Å². The van der Waals surface area contributed by atoms with Crippen molar-refractivity contribution in [1.82, 2.24) is 4.90 Å². The van der Waals surface area contributed by atoms with Gasteiger partial charge in [0.05, 0.1) is 0 Å². The van der Waals surface area contributed by atoms with Gasteiger partial charge in [-0.2, -0.15) is 0 Å². The van der Waals surface area contributed by atoms with Crippen molar-refractivity contribution in [2.45, 2.75) is 13.0 Å². The normalized spacial score (nSPS) is 14.3. The maximum Gasteiger partial charge on any atom is 0.410 e. The van der Waals surface area contributed by atoms with E-state index >= 15 is 0 Å². The second kappa shape index (κ2) is 7.01. The molecule has 4 heteroatoms. The average molecular weight is 308 g/mol. The molecule has 0 aliphatic carbocycles. The van der Waals surface area contributed by atoms with Crippen LogP contribution in [0.3, 0.4) is 0 Å². The zero-order chi connectivity index (χ0) is 16.1. The summed E-state index contributed by atoms with van der Waals surface area (Å²) in [5.74, 6) is 0. The largest absolute Gasteiger partial charge is 0.445 e. The van der Waals surface area contributed by atoms with Gasteiger partial charge in [0.2, 0.25) is 0 Å². The molecule has 1 aliphatic rings. The van der Waals surface area contributed by atoms with Crippen LogP contribution in [0.2, 0.25) is 0 Å². The highest BCUT2D eigenvalue weighted by molar-refractivity contribution is 5.73. The number of nitrogens with zero attached hydrogens (tertiary/aromatic N) is 1. The van der Waals surface area contributed by atoms with Gasteiger partial charge in [0, 0.05) is 18.8 Å². The molecule has 2 aromatic rings. The van der Waals surface area contributed by atoms with E-state index in [2.05, 4.69) is 6.08 Å². The Balaban J connectivity index is 1.55. The summed E-state index contributed by atoms with van der Waals surface area (Å²) in [5.41, 5.74) is 9.88. The third-order valence-electron chi connectivity index (χ3n) is 3.95. The van der Waals surface area contributed by atoms with Gasteiger partial charge >= 0.3 is 6.09 Å².